The highest BCUT2D eigenvalue weighted by Gasteiger charge is 2.14. The second-order valence-corrected chi connectivity index (χ2v) is 6.99. The van der Waals surface area contributed by atoms with Crippen molar-refractivity contribution in [1.29, 1.82) is 5.26 Å². The maximum atomic E-state index is 9.57. The number of nitrogens with zero attached hydrogens (tertiary/aromatic N) is 1. The molecule has 2 aromatic rings. The van der Waals surface area contributed by atoms with Crippen LogP contribution >= 0.6 is 15.9 Å². The maximum Gasteiger partial charge on any atom is 0.175 e. The summed E-state index contributed by atoms with van der Waals surface area (Å²) in [6.45, 7) is 8.62. The average Bonchev–Trinajstić information content (AvgIpc) is 2.63. The second kappa shape index (κ2) is 9.45. The van der Waals surface area contributed by atoms with Gasteiger partial charge >= 0.3 is 0 Å². The number of allylic oxidation sites excluding steroid dienone is 1. The third kappa shape index (κ3) is 5.12. The fraction of sp³-hybridized carbons (Fsp3) is 0.318. The minimum absolute atomic E-state index is 0.0918. The van der Waals surface area contributed by atoms with Crippen LogP contribution in [0.5, 0.6) is 11.5 Å². The van der Waals surface area contributed by atoms with Gasteiger partial charge in [-0.25, -0.2) is 0 Å². The van der Waals surface area contributed by atoms with Crippen molar-refractivity contribution >= 4 is 27.6 Å². The van der Waals surface area contributed by atoms with Gasteiger partial charge in [-0.1, -0.05) is 36.8 Å². The average molecular weight is 414 g/mol. The van der Waals surface area contributed by atoms with Gasteiger partial charge in [0.25, 0.3) is 0 Å². The van der Waals surface area contributed by atoms with E-state index in [4.69, 9.17) is 9.47 Å². The molecule has 2 rings (SSSR count). The Morgan fingerprint density at radius 1 is 1.23 bits per heavy atom. The summed E-state index contributed by atoms with van der Waals surface area (Å²) < 4.78 is 12.6. The van der Waals surface area contributed by atoms with Gasteiger partial charge in [0.2, 0.25) is 0 Å². The molecule has 1 unspecified atom stereocenters. The molecule has 0 N–H and O–H groups in total. The van der Waals surface area contributed by atoms with Crippen LogP contribution in [-0.4, -0.2) is 12.7 Å². The van der Waals surface area contributed by atoms with E-state index in [1.165, 1.54) is 5.56 Å². The van der Waals surface area contributed by atoms with E-state index < -0.39 is 0 Å². The molecule has 26 heavy (non-hydrogen) atoms. The highest BCUT2D eigenvalue weighted by atomic mass is 79.9. The first-order chi connectivity index (χ1) is 12.5. The molecule has 0 aliphatic carbocycles. The molecule has 1 atom stereocenters. The summed E-state index contributed by atoms with van der Waals surface area (Å²) >= 11 is 3.59. The number of hydrogen-bond donors (Lipinski definition) is 0. The molecule has 136 valence electrons. The van der Waals surface area contributed by atoms with Crippen LogP contribution in [-0.2, 0) is 0 Å². The van der Waals surface area contributed by atoms with Crippen molar-refractivity contribution in [1.82, 2.24) is 0 Å². The number of aryl methyl sites for hydroxylation is 1. The Labute approximate surface area is 164 Å². The highest BCUT2D eigenvalue weighted by molar-refractivity contribution is 9.10. The number of ether oxygens (including phenoxy) is 2. The third-order valence-electron chi connectivity index (χ3n) is 4.02. The van der Waals surface area contributed by atoms with E-state index in [1.54, 1.807) is 0 Å². The Hall–Kier alpha value is -2.25. The van der Waals surface area contributed by atoms with Gasteiger partial charge in [-0.3, -0.25) is 0 Å². The van der Waals surface area contributed by atoms with Gasteiger partial charge in [0.15, 0.2) is 11.5 Å². The first kappa shape index (κ1) is 20.1. The lowest BCUT2D eigenvalue weighted by Gasteiger charge is -2.18. The van der Waals surface area contributed by atoms with Crippen LogP contribution < -0.4 is 9.47 Å². The number of hydrogen-bond acceptors (Lipinski definition) is 3. The molecule has 2 aromatic carbocycles. The van der Waals surface area contributed by atoms with E-state index >= 15 is 0 Å². The summed E-state index contributed by atoms with van der Waals surface area (Å²) in [6, 6.07) is 14.1. The van der Waals surface area contributed by atoms with Crippen molar-refractivity contribution in [2.45, 2.75) is 40.2 Å². The zero-order chi connectivity index (χ0) is 19.1. The van der Waals surface area contributed by atoms with Crippen LogP contribution in [0.15, 0.2) is 40.9 Å². The van der Waals surface area contributed by atoms with Gasteiger partial charge in [-0.15, -0.1) is 0 Å². The molecule has 0 saturated carbocycles. The van der Waals surface area contributed by atoms with Gasteiger partial charge in [-0.2, -0.15) is 5.26 Å². The Bertz CT molecular complexity index is 819. The zero-order valence-electron chi connectivity index (χ0n) is 15.7. The summed E-state index contributed by atoms with van der Waals surface area (Å²) in [6.07, 6.45) is 2.87. The molecular weight excluding hydrogens is 390 g/mol. The minimum atomic E-state index is 0.0918. The SMILES string of the molecule is CCOc1cc(/C=C(/C#N)c2ccc(C)cc2)cc(Br)c1OC(C)CC. The molecule has 0 radical (unpaired) electrons. The van der Waals surface area contributed by atoms with Crippen molar-refractivity contribution in [2.24, 2.45) is 0 Å². The summed E-state index contributed by atoms with van der Waals surface area (Å²) in [5.74, 6) is 1.38. The summed E-state index contributed by atoms with van der Waals surface area (Å²) in [4.78, 5) is 0. The van der Waals surface area contributed by atoms with Crippen LogP contribution in [0.2, 0.25) is 0 Å². The van der Waals surface area contributed by atoms with Crippen LogP contribution in [0.25, 0.3) is 11.6 Å². The Morgan fingerprint density at radius 2 is 1.92 bits per heavy atom. The van der Waals surface area contributed by atoms with Crippen LogP contribution in [0.1, 0.15) is 43.9 Å². The molecule has 0 saturated heterocycles. The molecule has 0 aromatic heterocycles. The molecule has 0 aliphatic rings. The van der Waals surface area contributed by atoms with Crippen molar-refractivity contribution in [3.63, 3.8) is 0 Å². The Kier molecular flexibility index (Phi) is 7.29. The molecule has 0 aliphatic heterocycles. The first-order valence-corrected chi connectivity index (χ1v) is 9.59. The minimum Gasteiger partial charge on any atom is -0.490 e. The predicted octanol–water partition coefficient (Wildman–Crippen LogP) is 6.40. The van der Waals surface area contributed by atoms with E-state index in [1.807, 2.05) is 63.2 Å². The quantitative estimate of drug-likeness (QED) is 0.389. The first-order valence-electron chi connectivity index (χ1n) is 8.80. The van der Waals surface area contributed by atoms with Gasteiger partial charge < -0.3 is 9.47 Å². The predicted molar refractivity (Wildman–Crippen MR) is 110 cm³/mol. The van der Waals surface area contributed by atoms with E-state index in [-0.39, 0.29) is 6.10 Å². The molecule has 0 amide bonds. The van der Waals surface area contributed by atoms with Crippen molar-refractivity contribution < 1.29 is 9.47 Å². The molecule has 4 heteroatoms. The number of benzene rings is 2. The van der Waals surface area contributed by atoms with Crippen molar-refractivity contribution in [3.05, 3.63) is 57.6 Å². The standard InChI is InChI=1S/C22H24BrNO2/c1-5-16(4)26-22-20(23)12-17(13-21(22)25-6-2)11-19(14-24)18-9-7-15(3)8-10-18/h7-13,16H,5-6H2,1-4H3/b19-11-. The Balaban J connectivity index is 2.45. The fourth-order valence-corrected chi connectivity index (χ4v) is 2.97. The van der Waals surface area contributed by atoms with Gasteiger partial charge in [0.1, 0.15) is 0 Å². The lowest BCUT2D eigenvalue weighted by atomic mass is 10.0. The normalized spacial score (nSPS) is 12.4. The van der Waals surface area contributed by atoms with Gasteiger partial charge in [0, 0.05) is 0 Å². The molecule has 0 heterocycles. The molecule has 0 fully saturated rings. The summed E-state index contributed by atoms with van der Waals surface area (Å²) in [5, 5.41) is 9.57. The topological polar surface area (TPSA) is 42.2 Å². The summed E-state index contributed by atoms with van der Waals surface area (Å²) in [5.41, 5.74) is 3.55. The highest BCUT2D eigenvalue weighted by Crippen LogP contribution is 2.38. The van der Waals surface area contributed by atoms with Crippen molar-refractivity contribution in [2.75, 3.05) is 6.61 Å². The van der Waals surface area contributed by atoms with Crippen molar-refractivity contribution in [3.8, 4) is 17.6 Å². The van der Waals surface area contributed by atoms with Crippen LogP contribution in [0.3, 0.4) is 0 Å². The van der Waals surface area contributed by atoms with Crippen LogP contribution in [0.4, 0.5) is 0 Å². The van der Waals surface area contributed by atoms with Gasteiger partial charge in [-0.05, 0) is 72.5 Å². The molecule has 0 spiro atoms. The smallest absolute Gasteiger partial charge is 0.175 e. The van der Waals surface area contributed by atoms with Crippen LogP contribution in [0, 0.1) is 18.3 Å². The Morgan fingerprint density at radius 3 is 2.50 bits per heavy atom. The van der Waals surface area contributed by atoms with E-state index in [0.717, 1.165) is 22.0 Å². The fourth-order valence-electron chi connectivity index (χ4n) is 2.41. The molecular formula is C22H24BrNO2. The molecule has 0 bridgehead atoms. The third-order valence-corrected chi connectivity index (χ3v) is 4.61. The summed E-state index contributed by atoms with van der Waals surface area (Å²) in [7, 11) is 0. The van der Waals surface area contributed by atoms with Gasteiger partial charge in [0.05, 0.1) is 28.8 Å². The van der Waals surface area contributed by atoms with E-state index in [9.17, 15) is 5.26 Å². The lowest BCUT2D eigenvalue weighted by Crippen LogP contribution is -2.11. The number of rotatable bonds is 7. The monoisotopic (exact) mass is 413 g/mol. The maximum absolute atomic E-state index is 9.57. The second-order valence-electron chi connectivity index (χ2n) is 6.14. The van der Waals surface area contributed by atoms with E-state index in [0.29, 0.717) is 23.7 Å². The lowest BCUT2D eigenvalue weighted by molar-refractivity contribution is 0.202. The molecule has 3 nitrogen and oxygen atoms in total. The number of halogens is 1. The largest absolute Gasteiger partial charge is 0.490 e. The number of nitriles is 1. The van der Waals surface area contributed by atoms with E-state index in [2.05, 4.69) is 28.9 Å². The zero-order valence-corrected chi connectivity index (χ0v) is 17.3.